The van der Waals surface area contributed by atoms with Crippen molar-refractivity contribution in [2.45, 2.75) is 63.4 Å². The van der Waals surface area contributed by atoms with E-state index in [4.69, 9.17) is 19.2 Å². The van der Waals surface area contributed by atoms with Crippen LogP contribution >= 0.6 is 0 Å². The molecule has 2 aliphatic rings. The van der Waals surface area contributed by atoms with E-state index in [9.17, 15) is 0 Å². The Kier molecular flexibility index (Phi) is 9.47. The summed E-state index contributed by atoms with van der Waals surface area (Å²) in [6.07, 6.45) is 8.36. The third-order valence-electron chi connectivity index (χ3n) is 6.70. The van der Waals surface area contributed by atoms with Crippen LogP contribution in [0.3, 0.4) is 0 Å². The van der Waals surface area contributed by atoms with Gasteiger partial charge < -0.3 is 24.4 Å². The smallest absolute Gasteiger partial charge is 0.193 e. The van der Waals surface area contributed by atoms with Gasteiger partial charge in [0.1, 0.15) is 5.75 Å². The first kappa shape index (κ1) is 23.9. The van der Waals surface area contributed by atoms with Gasteiger partial charge in [0.2, 0.25) is 0 Å². The normalized spacial score (nSPS) is 19.6. The Morgan fingerprint density at radius 2 is 1.94 bits per heavy atom. The summed E-state index contributed by atoms with van der Waals surface area (Å²) in [5, 5.41) is 3.54. The number of benzene rings is 1. The highest BCUT2D eigenvalue weighted by atomic mass is 16.5. The Morgan fingerprint density at radius 3 is 2.61 bits per heavy atom. The number of likely N-dealkylation sites (tertiary alicyclic amines) is 1. The summed E-state index contributed by atoms with van der Waals surface area (Å²) >= 11 is 0. The minimum absolute atomic E-state index is 0.123. The molecule has 0 spiro atoms. The van der Waals surface area contributed by atoms with Crippen molar-refractivity contribution in [1.29, 1.82) is 0 Å². The van der Waals surface area contributed by atoms with Gasteiger partial charge >= 0.3 is 0 Å². The molecule has 0 amide bonds. The van der Waals surface area contributed by atoms with Crippen LogP contribution in [-0.4, -0.2) is 70.6 Å². The van der Waals surface area contributed by atoms with Gasteiger partial charge in [-0.3, -0.25) is 4.99 Å². The molecule has 6 heteroatoms. The van der Waals surface area contributed by atoms with Gasteiger partial charge in [-0.1, -0.05) is 25.0 Å². The molecule has 174 valence electrons. The fourth-order valence-corrected chi connectivity index (χ4v) is 4.88. The monoisotopic (exact) mass is 431 g/mol. The number of guanidine groups is 1. The molecule has 0 radical (unpaired) electrons. The van der Waals surface area contributed by atoms with Crippen molar-refractivity contribution < 1.29 is 14.2 Å². The number of methoxy groups -OCH3 is 2. The zero-order valence-corrected chi connectivity index (χ0v) is 19.7. The maximum absolute atomic E-state index is 6.03. The molecule has 0 aromatic heterocycles. The molecule has 0 atom stereocenters. The van der Waals surface area contributed by atoms with E-state index in [0.29, 0.717) is 6.10 Å². The van der Waals surface area contributed by atoms with Crippen molar-refractivity contribution in [2.24, 2.45) is 4.99 Å². The third kappa shape index (κ3) is 6.59. The average Bonchev–Trinajstić information content (AvgIpc) is 3.30. The van der Waals surface area contributed by atoms with E-state index in [0.717, 1.165) is 70.4 Å². The van der Waals surface area contributed by atoms with Crippen LogP contribution in [0.15, 0.2) is 29.3 Å². The van der Waals surface area contributed by atoms with Crippen LogP contribution in [0.4, 0.5) is 0 Å². The van der Waals surface area contributed by atoms with Gasteiger partial charge in [-0.05, 0) is 56.7 Å². The molecule has 1 saturated heterocycles. The second kappa shape index (κ2) is 12.3. The minimum Gasteiger partial charge on any atom is -0.497 e. The SMILES string of the molecule is CCNC(=NCC1(c2cccc(OC)c2)CCCC1)N1CCC(OCCCOC)CC1. The first-order valence-electron chi connectivity index (χ1n) is 12.0. The Bertz CT molecular complexity index is 680. The quantitative estimate of drug-likeness (QED) is 0.345. The van der Waals surface area contributed by atoms with Crippen molar-refractivity contribution in [3.05, 3.63) is 29.8 Å². The van der Waals surface area contributed by atoms with Gasteiger partial charge in [-0.25, -0.2) is 0 Å². The van der Waals surface area contributed by atoms with Crippen LogP contribution in [-0.2, 0) is 14.9 Å². The van der Waals surface area contributed by atoms with Crippen LogP contribution in [0.5, 0.6) is 5.75 Å². The predicted molar refractivity (Wildman–Crippen MR) is 126 cm³/mol. The van der Waals surface area contributed by atoms with Gasteiger partial charge in [0.25, 0.3) is 0 Å². The summed E-state index contributed by atoms with van der Waals surface area (Å²) in [6, 6.07) is 8.60. The van der Waals surface area contributed by atoms with Gasteiger partial charge in [0.15, 0.2) is 5.96 Å². The number of rotatable bonds is 10. The third-order valence-corrected chi connectivity index (χ3v) is 6.70. The van der Waals surface area contributed by atoms with Crippen LogP contribution in [0, 0.1) is 0 Å². The Hall–Kier alpha value is -1.79. The molecule has 1 aliphatic heterocycles. The first-order valence-corrected chi connectivity index (χ1v) is 12.0. The number of aliphatic imine (C=N–C) groups is 1. The molecular formula is C25H41N3O3. The molecular weight excluding hydrogens is 390 g/mol. The zero-order valence-electron chi connectivity index (χ0n) is 19.7. The summed E-state index contributed by atoms with van der Waals surface area (Å²) in [7, 11) is 3.48. The zero-order chi connectivity index (χ0) is 21.9. The minimum atomic E-state index is 0.123. The Labute approximate surface area is 188 Å². The number of piperidine rings is 1. The van der Waals surface area contributed by atoms with Gasteiger partial charge in [0.05, 0.1) is 19.8 Å². The fraction of sp³-hybridized carbons (Fsp3) is 0.720. The van der Waals surface area contributed by atoms with E-state index in [1.165, 1.54) is 31.2 Å². The summed E-state index contributed by atoms with van der Waals surface area (Å²) in [6.45, 7) is 7.41. The molecule has 1 saturated carbocycles. The van der Waals surface area contributed by atoms with Crippen LogP contribution in [0.25, 0.3) is 0 Å². The second-order valence-corrected chi connectivity index (χ2v) is 8.79. The van der Waals surface area contributed by atoms with Crippen molar-refractivity contribution in [2.75, 3.05) is 53.6 Å². The largest absolute Gasteiger partial charge is 0.497 e. The second-order valence-electron chi connectivity index (χ2n) is 8.79. The van der Waals surface area contributed by atoms with Crippen molar-refractivity contribution in [3.63, 3.8) is 0 Å². The topological polar surface area (TPSA) is 55.3 Å². The maximum Gasteiger partial charge on any atom is 0.193 e. The highest BCUT2D eigenvalue weighted by Crippen LogP contribution is 2.42. The number of nitrogens with zero attached hydrogens (tertiary/aromatic N) is 2. The van der Waals surface area contributed by atoms with E-state index in [1.807, 2.05) is 6.07 Å². The number of hydrogen-bond donors (Lipinski definition) is 1. The number of nitrogens with one attached hydrogen (secondary N) is 1. The van der Waals surface area contributed by atoms with Crippen LogP contribution in [0.2, 0.25) is 0 Å². The van der Waals surface area contributed by atoms with Crippen molar-refractivity contribution >= 4 is 5.96 Å². The predicted octanol–water partition coefficient (Wildman–Crippen LogP) is 3.99. The highest BCUT2D eigenvalue weighted by molar-refractivity contribution is 5.80. The van der Waals surface area contributed by atoms with E-state index in [1.54, 1.807) is 14.2 Å². The highest BCUT2D eigenvalue weighted by Gasteiger charge is 2.36. The number of hydrogen-bond acceptors (Lipinski definition) is 4. The summed E-state index contributed by atoms with van der Waals surface area (Å²) < 4.78 is 16.6. The molecule has 2 fully saturated rings. The molecule has 1 aromatic carbocycles. The lowest BCUT2D eigenvalue weighted by Crippen LogP contribution is -2.47. The lowest BCUT2D eigenvalue weighted by Gasteiger charge is -2.35. The van der Waals surface area contributed by atoms with Gasteiger partial charge in [-0.15, -0.1) is 0 Å². The fourth-order valence-electron chi connectivity index (χ4n) is 4.88. The average molecular weight is 432 g/mol. The maximum atomic E-state index is 6.03. The van der Waals surface area contributed by atoms with E-state index < -0.39 is 0 Å². The summed E-state index contributed by atoms with van der Waals surface area (Å²) in [5.74, 6) is 1.99. The van der Waals surface area contributed by atoms with Gasteiger partial charge in [0, 0.05) is 45.4 Å². The van der Waals surface area contributed by atoms with Crippen molar-refractivity contribution in [1.82, 2.24) is 10.2 Å². The van der Waals surface area contributed by atoms with E-state index in [2.05, 4.69) is 35.3 Å². The molecule has 1 aliphatic carbocycles. The summed E-state index contributed by atoms with van der Waals surface area (Å²) in [5.41, 5.74) is 1.49. The molecule has 0 unspecified atom stereocenters. The first-order chi connectivity index (χ1) is 15.2. The molecule has 1 heterocycles. The number of ether oxygens (including phenoxy) is 3. The van der Waals surface area contributed by atoms with E-state index in [-0.39, 0.29) is 5.41 Å². The molecule has 31 heavy (non-hydrogen) atoms. The van der Waals surface area contributed by atoms with Gasteiger partial charge in [-0.2, -0.15) is 0 Å². The van der Waals surface area contributed by atoms with Crippen LogP contribution < -0.4 is 10.1 Å². The van der Waals surface area contributed by atoms with Crippen molar-refractivity contribution in [3.8, 4) is 5.75 Å². The Morgan fingerprint density at radius 1 is 1.16 bits per heavy atom. The van der Waals surface area contributed by atoms with E-state index >= 15 is 0 Å². The molecule has 1 aromatic rings. The molecule has 3 rings (SSSR count). The molecule has 6 nitrogen and oxygen atoms in total. The van der Waals surface area contributed by atoms with Crippen LogP contribution in [0.1, 0.15) is 57.4 Å². The Balaban J connectivity index is 1.63. The molecule has 1 N–H and O–H groups in total. The lowest BCUT2D eigenvalue weighted by molar-refractivity contribution is 0.00989. The lowest BCUT2D eigenvalue weighted by atomic mass is 9.79. The summed E-state index contributed by atoms with van der Waals surface area (Å²) in [4.78, 5) is 7.58. The molecule has 0 bridgehead atoms. The standard InChI is InChI=1S/C25H41N3O3/c1-4-26-24(28-15-11-22(12-16-28)31-18-8-17-29-2)27-20-25(13-5-6-14-25)21-9-7-10-23(19-21)30-3/h7,9-10,19,22H,4-6,8,11-18,20H2,1-3H3,(H,26,27).